The van der Waals surface area contributed by atoms with E-state index in [2.05, 4.69) is 32.9 Å². The maximum Gasteiger partial charge on any atom is 0.472 e. The molecule has 11 N–H and O–H groups in total. The number of unbranched alkanes of at least 4 members (excludes halogenated alkanes) is 33. The first-order valence-electron chi connectivity index (χ1n) is 36.5. The number of hydrogen-bond acceptors (Lipinski definition) is 23. The van der Waals surface area contributed by atoms with Crippen LogP contribution in [0.5, 0.6) is 0 Å². The Morgan fingerprint density at radius 3 is 1.16 bits per heavy atom. The van der Waals surface area contributed by atoms with Gasteiger partial charge in [-0.25, -0.2) is 4.57 Å². The average Bonchev–Trinajstić information content (AvgIpc) is 0.767. The minimum absolute atomic E-state index is 0.00954. The minimum atomic E-state index is -5.69. The summed E-state index contributed by atoms with van der Waals surface area (Å²) >= 11 is 0. The monoisotopic (exact) mass is 1370 g/mol. The zero-order valence-corrected chi connectivity index (χ0v) is 58.2. The molecule has 0 radical (unpaired) electrons. The van der Waals surface area contributed by atoms with Gasteiger partial charge < -0.3 is 89.1 Å². The Morgan fingerprint density at radius 2 is 0.745 bits per heavy atom. The van der Waals surface area contributed by atoms with Gasteiger partial charge in [0.25, 0.3) is 0 Å². The summed E-state index contributed by atoms with van der Waals surface area (Å²) in [6, 6.07) is 0. The van der Waals surface area contributed by atoms with Crippen molar-refractivity contribution in [1.82, 2.24) is 0 Å². The SMILES string of the molecule is CCCCCCCCC/C=C\CCCCCC(=O)OCC1OC(OC2C(O)C(O)C(O)C(OC3OC(CO)C(O)C(O)C3O)C2OP(=O)(O)OCC(COC(=O)CCCCCCCCCCCCCCCC)OC(=O)CCCCCCCCCCCCC)C(O)C(O)C1O. The van der Waals surface area contributed by atoms with Crippen LogP contribution in [0.2, 0.25) is 0 Å². The second-order valence-corrected chi connectivity index (χ2v) is 27.7. The summed E-state index contributed by atoms with van der Waals surface area (Å²) in [5.74, 6) is -2.00. The van der Waals surface area contributed by atoms with E-state index in [9.17, 15) is 74.9 Å². The quantitative estimate of drug-likeness (QED) is 0.00888. The molecule has 2 saturated heterocycles. The van der Waals surface area contributed by atoms with Gasteiger partial charge in [0.1, 0.15) is 98.7 Å². The third-order valence-corrected chi connectivity index (χ3v) is 19.0. The maximum atomic E-state index is 14.3. The lowest BCUT2D eigenvalue weighted by molar-refractivity contribution is -0.360. The average molecular weight is 1370 g/mol. The van der Waals surface area contributed by atoms with Crippen molar-refractivity contribution in [2.45, 2.75) is 382 Å². The lowest BCUT2D eigenvalue weighted by Gasteiger charge is -2.49. The maximum absolute atomic E-state index is 14.3. The molecule has 25 heteroatoms. The minimum Gasteiger partial charge on any atom is -0.463 e. The zero-order valence-electron chi connectivity index (χ0n) is 57.3. The third-order valence-electron chi connectivity index (χ3n) is 18.0. The van der Waals surface area contributed by atoms with Crippen molar-refractivity contribution in [2.24, 2.45) is 0 Å². The fourth-order valence-corrected chi connectivity index (χ4v) is 13.0. The molecule has 0 aromatic carbocycles. The fourth-order valence-electron chi connectivity index (χ4n) is 12.0. The van der Waals surface area contributed by atoms with Gasteiger partial charge >= 0.3 is 25.7 Å². The fraction of sp³-hybridized carbons (Fsp3) is 0.928. The molecule has 18 atom stereocenters. The first-order valence-corrected chi connectivity index (χ1v) is 38.0. The van der Waals surface area contributed by atoms with Crippen LogP contribution < -0.4 is 0 Å². The predicted octanol–water partition coefficient (Wildman–Crippen LogP) is 9.18. The van der Waals surface area contributed by atoms with E-state index < -0.39 is 156 Å². The predicted molar refractivity (Wildman–Crippen MR) is 352 cm³/mol. The highest BCUT2D eigenvalue weighted by atomic mass is 31.2. The van der Waals surface area contributed by atoms with Crippen LogP contribution in [0, 0.1) is 0 Å². The van der Waals surface area contributed by atoms with Crippen molar-refractivity contribution in [3.05, 3.63) is 12.2 Å². The van der Waals surface area contributed by atoms with E-state index in [1.807, 2.05) is 0 Å². The Labute approximate surface area is 561 Å². The van der Waals surface area contributed by atoms with E-state index in [1.54, 1.807) is 0 Å². The van der Waals surface area contributed by atoms with Crippen LogP contribution in [0.1, 0.15) is 278 Å². The highest BCUT2D eigenvalue weighted by Crippen LogP contribution is 2.49. The van der Waals surface area contributed by atoms with Crippen molar-refractivity contribution in [3.63, 3.8) is 0 Å². The Balaban J connectivity index is 1.75. The number of carbonyl (C=O) groups is 3. The summed E-state index contributed by atoms with van der Waals surface area (Å²) in [5.41, 5.74) is 0. The normalized spacial score (nSPS) is 28.3. The zero-order chi connectivity index (χ0) is 68.9. The molecule has 94 heavy (non-hydrogen) atoms. The van der Waals surface area contributed by atoms with Gasteiger partial charge in [-0.1, -0.05) is 226 Å². The smallest absolute Gasteiger partial charge is 0.463 e. The number of aliphatic hydroxyl groups is 10. The lowest BCUT2D eigenvalue weighted by atomic mass is 9.84. The number of phosphoric ester groups is 1. The van der Waals surface area contributed by atoms with Gasteiger partial charge in [-0.15, -0.1) is 0 Å². The summed E-state index contributed by atoms with van der Waals surface area (Å²) in [6.07, 6.45) is 8.75. The molecule has 2 aliphatic heterocycles. The van der Waals surface area contributed by atoms with E-state index in [-0.39, 0.29) is 19.3 Å². The molecule has 1 saturated carbocycles. The van der Waals surface area contributed by atoms with Crippen LogP contribution in [-0.4, -0.2) is 204 Å². The van der Waals surface area contributed by atoms with Gasteiger partial charge in [-0.05, 0) is 44.9 Å². The van der Waals surface area contributed by atoms with Crippen LogP contribution in [0.3, 0.4) is 0 Å². The molecule has 0 spiro atoms. The van der Waals surface area contributed by atoms with Crippen molar-refractivity contribution < 1.29 is 117 Å². The van der Waals surface area contributed by atoms with Crippen molar-refractivity contribution in [1.29, 1.82) is 0 Å². The molecule has 0 aromatic rings. The molecule has 0 bridgehead atoms. The van der Waals surface area contributed by atoms with Crippen LogP contribution in [-0.2, 0) is 61.2 Å². The largest absolute Gasteiger partial charge is 0.472 e. The number of rotatable bonds is 56. The first-order chi connectivity index (χ1) is 45.3. The van der Waals surface area contributed by atoms with Gasteiger partial charge in [0.2, 0.25) is 0 Å². The number of allylic oxidation sites excluding steroid dienone is 2. The summed E-state index contributed by atoms with van der Waals surface area (Å²) < 4.78 is 64.9. The van der Waals surface area contributed by atoms with Crippen molar-refractivity contribution >= 4 is 25.7 Å². The Morgan fingerprint density at radius 1 is 0.404 bits per heavy atom. The molecule has 552 valence electrons. The van der Waals surface area contributed by atoms with Crippen LogP contribution in [0.25, 0.3) is 0 Å². The standard InChI is InChI=1S/C69H127O24P/c1-4-7-10-13-16-19-22-24-26-29-31-34-37-40-43-53(71)85-47-50(88-55(73)45-42-39-36-33-28-21-18-15-12-9-6-3)48-87-94(83,84)93-67-65(91-68-63(81)58(76)56(74)51(46-70)89-68)61(79)60(78)62(80)66(67)92-69-64(82)59(77)57(75)52(90-69)49-86-54(72)44-41-38-35-32-30-27-25-23-20-17-14-11-8-5-2/h27,30,50-52,56-70,74-82H,4-26,28-29,31-49H2,1-3H3,(H,83,84)/b30-27-. The van der Waals surface area contributed by atoms with Gasteiger partial charge in [0.15, 0.2) is 18.7 Å². The Hall–Kier alpha value is -2.30. The summed E-state index contributed by atoms with van der Waals surface area (Å²) in [5, 5.41) is 110. The number of phosphoric acid groups is 1. The number of esters is 3. The second kappa shape index (κ2) is 51.8. The molecular formula is C69H127O24P. The van der Waals surface area contributed by atoms with E-state index in [1.165, 1.54) is 128 Å². The Bertz CT molecular complexity index is 2010. The molecule has 0 amide bonds. The number of carbonyl (C=O) groups excluding carboxylic acids is 3. The summed E-state index contributed by atoms with van der Waals surface area (Å²) in [4.78, 5) is 50.8. The van der Waals surface area contributed by atoms with Gasteiger partial charge in [0, 0.05) is 19.3 Å². The van der Waals surface area contributed by atoms with Gasteiger partial charge in [0.05, 0.1) is 13.2 Å². The van der Waals surface area contributed by atoms with E-state index >= 15 is 0 Å². The molecule has 24 nitrogen and oxygen atoms in total. The Kier molecular flexibility index (Phi) is 47.3. The highest BCUT2D eigenvalue weighted by molar-refractivity contribution is 7.47. The molecular weight excluding hydrogens is 1240 g/mol. The van der Waals surface area contributed by atoms with E-state index in [0.29, 0.717) is 19.3 Å². The van der Waals surface area contributed by atoms with Crippen molar-refractivity contribution in [2.75, 3.05) is 26.4 Å². The molecule has 3 fully saturated rings. The van der Waals surface area contributed by atoms with Gasteiger partial charge in [-0.3, -0.25) is 23.4 Å². The first kappa shape index (κ1) is 85.9. The van der Waals surface area contributed by atoms with E-state index in [0.717, 1.165) is 89.9 Å². The van der Waals surface area contributed by atoms with Crippen molar-refractivity contribution in [3.8, 4) is 0 Å². The number of hydrogen-bond donors (Lipinski definition) is 11. The topological polar surface area (TPSA) is 374 Å². The number of aliphatic hydroxyl groups excluding tert-OH is 10. The molecule has 2 heterocycles. The second-order valence-electron chi connectivity index (χ2n) is 26.3. The van der Waals surface area contributed by atoms with E-state index in [4.69, 9.17) is 42.2 Å². The highest BCUT2D eigenvalue weighted by Gasteiger charge is 2.58. The third kappa shape index (κ3) is 35.1. The van der Waals surface area contributed by atoms with Crippen LogP contribution in [0.4, 0.5) is 0 Å². The summed E-state index contributed by atoms with van der Waals surface area (Å²) in [7, 11) is -5.69. The number of ether oxygens (including phenoxy) is 7. The molecule has 3 rings (SSSR count). The molecule has 3 aliphatic rings. The van der Waals surface area contributed by atoms with Crippen LogP contribution >= 0.6 is 7.82 Å². The molecule has 0 aromatic heterocycles. The molecule has 18 unspecified atom stereocenters. The summed E-state index contributed by atoms with van der Waals surface area (Å²) in [6.45, 7) is 3.41. The van der Waals surface area contributed by atoms with Gasteiger partial charge in [-0.2, -0.15) is 0 Å². The van der Waals surface area contributed by atoms with Crippen LogP contribution in [0.15, 0.2) is 12.2 Å². The molecule has 1 aliphatic carbocycles. The lowest BCUT2D eigenvalue weighted by Crippen LogP contribution is -2.69.